The molecule has 0 aliphatic heterocycles. The molecule has 0 spiro atoms. The second-order valence-electron chi connectivity index (χ2n) is 4.52. The van der Waals surface area contributed by atoms with Gasteiger partial charge < -0.3 is 10.1 Å². The Morgan fingerprint density at radius 2 is 1.86 bits per heavy atom. The van der Waals surface area contributed by atoms with Crippen LogP contribution in [0.25, 0.3) is 0 Å². The van der Waals surface area contributed by atoms with E-state index in [1.807, 2.05) is 18.2 Å². The number of nitrogens with one attached hydrogen (secondary N) is 1. The summed E-state index contributed by atoms with van der Waals surface area (Å²) in [4.78, 5) is 0.0449. The van der Waals surface area contributed by atoms with Gasteiger partial charge in [-0.2, -0.15) is 0 Å². The van der Waals surface area contributed by atoms with Gasteiger partial charge in [-0.05, 0) is 30.3 Å². The van der Waals surface area contributed by atoms with E-state index in [2.05, 4.69) is 5.32 Å². The molecule has 0 unspecified atom stereocenters. The summed E-state index contributed by atoms with van der Waals surface area (Å²) in [7, 11) is -1.96. The summed E-state index contributed by atoms with van der Waals surface area (Å²) in [6.07, 6.45) is 0. The van der Waals surface area contributed by atoms with Crippen molar-refractivity contribution < 1.29 is 13.2 Å². The van der Waals surface area contributed by atoms with Crippen LogP contribution in [0.15, 0.2) is 47.4 Å². The zero-order valence-electron chi connectivity index (χ0n) is 11.8. The monoisotopic (exact) mass is 359 g/mol. The molecule has 0 atom stereocenters. The average Bonchev–Trinajstić information content (AvgIpc) is 2.50. The molecule has 0 aromatic heterocycles. The van der Waals surface area contributed by atoms with E-state index in [9.17, 15) is 8.42 Å². The molecule has 0 bridgehead atoms. The minimum absolute atomic E-state index is 0.0449. The first-order valence-electron chi connectivity index (χ1n) is 6.49. The van der Waals surface area contributed by atoms with Crippen LogP contribution < -0.4 is 10.1 Å². The van der Waals surface area contributed by atoms with Crippen molar-refractivity contribution in [1.29, 1.82) is 0 Å². The maximum Gasteiger partial charge on any atom is 0.181 e. The second kappa shape index (κ2) is 7.22. The smallest absolute Gasteiger partial charge is 0.181 e. The number of benzene rings is 2. The van der Waals surface area contributed by atoms with Crippen molar-refractivity contribution in [2.75, 3.05) is 24.7 Å². The molecule has 0 heterocycles. The van der Waals surface area contributed by atoms with Crippen LogP contribution in [0.5, 0.6) is 5.75 Å². The van der Waals surface area contributed by atoms with Crippen LogP contribution in [0.3, 0.4) is 0 Å². The number of hydrogen-bond acceptors (Lipinski definition) is 4. The highest BCUT2D eigenvalue weighted by molar-refractivity contribution is 7.91. The minimum atomic E-state index is -3.52. The van der Waals surface area contributed by atoms with Gasteiger partial charge in [-0.15, -0.1) is 0 Å². The van der Waals surface area contributed by atoms with Crippen LogP contribution in [0.2, 0.25) is 10.0 Å². The summed E-state index contributed by atoms with van der Waals surface area (Å²) in [5.74, 6) is 0.547. The fraction of sp³-hybridized carbons (Fsp3) is 0.200. The molecule has 2 rings (SSSR count). The van der Waals surface area contributed by atoms with Gasteiger partial charge in [0.1, 0.15) is 5.75 Å². The Balaban J connectivity index is 2.09. The summed E-state index contributed by atoms with van der Waals surface area (Å²) >= 11 is 11.8. The Kier molecular flexibility index (Phi) is 5.56. The highest BCUT2D eigenvalue weighted by Crippen LogP contribution is 2.26. The van der Waals surface area contributed by atoms with Crippen LogP contribution in [0.4, 0.5) is 5.69 Å². The topological polar surface area (TPSA) is 55.4 Å². The molecule has 1 N–H and O–H groups in total. The third kappa shape index (κ3) is 4.06. The summed E-state index contributed by atoms with van der Waals surface area (Å²) < 4.78 is 29.9. The predicted octanol–water partition coefficient (Wildman–Crippen LogP) is 3.89. The van der Waals surface area contributed by atoms with Crippen molar-refractivity contribution in [2.45, 2.75) is 4.90 Å². The van der Waals surface area contributed by atoms with E-state index in [-0.39, 0.29) is 22.2 Å². The van der Waals surface area contributed by atoms with Crippen molar-refractivity contribution in [3.8, 4) is 5.75 Å². The van der Waals surface area contributed by atoms with Crippen LogP contribution in [-0.4, -0.2) is 27.8 Å². The zero-order valence-corrected chi connectivity index (χ0v) is 14.2. The van der Waals surface area contributed by atoms with Crippen molar-refractivity contribution >= 4 is 38.7 Å². The van der Waals surface area contributed by atoms with Gasteiger partial charge in [0.05, 0.1) is 28.5 Å². The fourth-order valence-electron chi connectivity index (χ4n) is 1.94. The molecule has 0 aliphatic rings. The number of sulfone groups is 1. The van der Waals surface area contributed by atoms with Gasteiger partial charge in [0.25, 0.3) is 0 Å². The molecule has 118 valence electrons. The normalized spacial score (nSPS) is 11.2. The predicted molar refractivity (Wildman–Crippen MR) is 90.0 cm³/mol. The Labute approximate surface area is 139 Å². The van der Waals surface area contributed by atoms with Gasteiger partial charge in [0.15, 0.2) is 9.84 Å². The minimum Gasteiger partial charge on any atom is -0.495 e. The average molecular weight is 360 g/mol. The van der Waals surface area contributed by atoms with Gasteiger partial charge in [-0.1, -0.05) is 35.3 Å². The van der Waals surface area contributed by atoms with Crippen LogP contribution in [0.1, 0.15) is 0 Å². The number of ether oxygens (including phenoxy) is 1. The first-order valence-corrected chi connectivity index (χ1v) is 8.89. The third-order valence-electron chi connectivity index (χ3n) is 3.02. The number of para-hydroxylation sites is 2. The van der Waals surface area contributed by atoms with E-state index in [0.29, 0.717) is 10.8 Å². The Morgan fingerprint density at radius 3 is 2.59 bits per heavy atom. The number of halogens is 2. The molecule has 0 saturated heterocycles. The fourth-order valence-corrected chi connectivity index (χ4v) is 3.91. The lowest BCUT2D eigenvalue weighted by molar-refractivity contribution is 0.416. The lowest BCUT2D eigenvalue weighted by Gasteiger charge is -2.11. The van der Waals surface area contributed by atoms with Crippen LogP contribution >= 0.6 is 23.2 Å². The summed E-state index contributed by atoms with van der Waals surface area (Å²) in [5, 5.41) is 3.55. The van der Waals surface area contributed by atoms with Crippen molar-refractivity contribution in [1.82, 2.24) is 0 Å². The lowest BCUT2D eigenvalue weighted by atomic mass is 10.3. The van der Waals surface area contributed by atoms with Crippen LogP contribution in [0, 0.1) is 0 Å². The molecule has 0 amide bonds. The Bertz CT molecular complexity index is 763. The third-order valence-corrected chi connectivity index (χ3v) is 5.45. The Hall–Kier alpha value is -1.43. The van der Waals surface area contributed by atoms with E-state index < -0.39 is 9.84 Å². The number of anilines is 1. The lowest BCUT2D eigenvalue weighted by Crippen LogP contribution is -2.16. The summed E-state index contributed by atoms with van der Waals surface area (Å²) in [5.41, 5.74) is 0.734. The van der Waals surface area contributed by atoms with Crippen LogP contribution in [-0.2, 0) is 9.84 Å². The summed E-state index contributed by atoms with van der Waals surface area (Å²) in [6, 6.07) is 11.7. The van der Waals surface area contributed by atoms with E-state index in [0.717, 1.165) is 5.69 Å². The molecule has 0 fully saturated rings. The first-order chi connectivity index (χ1) is 10.4. The van der Waals surface area contributed by atoms with Crippen molar-refractivity contribution in [3.63, 3.8) is 0 Å². The van der Waals surface area contributed by atoms with E-state index in [4.69, 9.17) is 27.9 Å². The number of rotatable bonds is 6. The largest absolute Gasteiger partial charge is 0.495 e. The van der Waals surface area contributed by atoms with Crippen molar-refractivity contribution in [2.24, 2.45) is 0 Å². The molecule has 4 nitrogen and oxygen atoms in total. The molecule has 0 radical (unpaired) electrons. The van der Waals surface area contributed by atoms with Crippen molar-refractivity contribution in [3.05, 3.63) is 52.5 Å². The molecule has 22 heavy (non-hydrogen) atoms. The molecular weight excluding hydrogens is 345 g/mol. The highest BCUT2D eigenvalue weighted by atomic mass is 35.5. The van der Waals surface area contributed by atoms with Gasteiger partial charge in [0, 0.05) is 11.6 Å². The quantitative estimate of drug-likeness (QED) is 0.849. The SMILES string of the molecule is COc1ccccc1NCCS(=O)(=O)c1cc(Cl)ccc1Cl. The zero-order chi connectivity index (χ0) is 16.2. The van der Waals surface area contributed by atoms with Gasteiger partial charge in [-0.3, -0.25) is 0 Å². The molecule has 2 aromatic rings. The van der Waals surface area contributed by atoms with Gasteiger partial charge in [-0.25, -0.2) is 8.42 Å². The van der Waals surface area contributed by atoms with Gasteiger partial charge in [0.2, 0.25) is 0 Å². The maximum atomic E-state index is 12.3. The summed E-state index contributed by atoms with van der Waals surface area (Å²) in [6.45, 7) is 0.228. The number of hydrogen-bond donors (Lipinski definition) is 1. The van der Waals surface area contributed by atoms with Gasteiger partial charge >= 0.3 is 0 Å². The maximum absolute atomic E-state index is 12.3. The molecule has 2 aromatic carbocycles. The van der Waals surface area contributed by atoms with E-state index in [1.165, 1.54) is 12.1 Å². The highest BCUT2D eigenvalue weighted by Gasteiger charge is 2.18. The Morgan fingerprint density at radius 1 is 1.14 bits per heavy atom. The first kappa shape index (κ1) is 16.9. The molecule has 7 heteroatoms. The van der Waals surface area contributed by atoms with E-state index >= 15 is 0 Å². The second-order valence-corrected chi connectivity index (χ2v) is 7.44. The number of methoxy groups -OCH3 is 1. The standard InChI is InChI=1S/C15H15Cl2NO3S/c1-21-14-5-3-2-4-13(14)18-8-9-22(19,20)15-10-11(16)6-7-12(15)17/h2-7,10,18H,8-9H2,1H3. The molecule has 0 aliphatic carbocycles. The van der Waals surface area contributed by atoms with E-state index in [1.54, 1.807) is 19.2 Å². The molecule has 0 saturated carbocycles. The molecular formula is C15H15Cl2NO3S.